The zero-order valence-corrected chi connectivity index (χ0v) is 19.6. The first kappa shape index (κ1) is 22.7. The second kappa shape index (κ2) is 10.9. The molecule has 0 saturated carbocycles. The van der Waals surface area contributed by atoms with Crippen LogP contribution in [-0.4, -0.2) is 60.3 Å². The number of hydrogen-bond donors (Lipinski definition) is 1. The minimum absolute atomic E-state index is 0.0258. The van der Waals surface area contributed by atoms with Crippen LogP contribution in [0.25, 0.3) is 11.3 Å². The first-order valence-corrected chi connectivity index (χ1v) is 12.2. The SMILES string of the molecule is Cc1cccc(-c2ccc(N3CCC[C@H](C(=O)NCCCN4CCC(C)CC4)C3)nn2)c1. The fourth-order valence-corrected chi connectivity index (χ4v) is 4.80. The fourth-order valence-electron chi connectivity index (χ4n) is 4.80. The normalized spacial score (nSPS) is 20.3. The molecule has 32 heavy (non-hydrogen) atoms. The van der Waals surface area contributed by atoms with Crippen LogP contribution in [0.1, 0.15) is 44.6 Å². The van der Waals surface area contributed by atoms with Crippen LogP contribution in [0, 0.1) is 18.8 Å². The topological polar surface area (TPSA) is 61.4 Å². The molecule has 6 nitrogen and oxygen atoms in total. The maximum absolute atomic E-state index is 12.8. The highest BCUT2D eigenvalue weighted by Gasteiger charge is 2.26. The van der Waals surface area contributed by atoms with Crippen molar-refractivity contribution < 1.29 is 4.79 Å². The van der Waals surface area contributed by atoms with Crippen molar-refractivity contribution in [1.82, 2.24) is 20.4 Å². The Kier molecular flexibility index (Phi) is 7.74. The molecule has 1 atom stereocenters. The van der Waals surface area contributed by atoms with E-state index in [0.29, 0.717) is 6.54 Å². The van der Waals surface area contributed by atoms with Gasteiger partial charge in [0.25, 0.3) is 0 Å². The average Bonchev–Trinajstić information content (AvgIpc) is 2.83. The lowest BCUT2D eigenvalue weighted by molar-refractivity contribution is -0.125. The van der Waals surface area contributed by atoms with E-state index < -0.39 is 0 Å². The molecule has 172 valence electrons. The van der Waals surface area contributed by atoms with Crippen molar-refractivity contribution >= 4 is 11.7 Å². The van der Waals surface area contributed by atoms with Gasteiger partial charge in [0.2, 0.25) is 5.91 Å². The number of benzene rings is 1. The molecule has 6 heteroatoms. The first-order chi connectivity index (χ1) is 15.6. The van der Waals surface area contributed by atoms with Gasteiger partial charge in [-0.15, -0.1) is 10.2 Å². The van der Waals surface area contributed by atoms with Crippen LogP contribution in [0.4, 0.5) is 5.82 Å². The molecule has 0 spiro atoms. The quantitative estimate of drug-likeness (QED) is 0.668. The van der Waals surface area contributed by atoms with E-state index in [-0.39, 0.29) is 11.8 Å². The Morgan fingerprint density at radius 3 is 2.69 bits per heavy atom. The molecule has 2 aromatic rings. The fraction of sp³-hybridized carbons (Fsp3) is 0.577. The number of piperidine rings is 2. The Bertz CT molecular complexity index is 876. The standard InChI is InChI=1S/C26H37N5O/c1-20-11-16-30(17-12-20)14-5-13-27-26(32)23-8-4-15-31(19-23)25-10-9-24(28-29-25)22-7-3-6-21(2)18-22/h3,6-7,9-10,18,20,23H,4-5,8,11-17,19H2,1-2H3,(H,27,32)/t23-/m0/s1. The van der Waals surface area contributed by atoms with Crippen molar-refractivity contribution in [2.24, 2.45) is 11.8 Å². The molecule has 0 radical (unpaired) electrons. The summed E-state index contributed by atoms with van der Waals surface area (Å²) in [6, 6.07) is 12.4. The number of amides is 1. The van der Waals surface area contributed by atoms with Gasteiger partial charge in [-0.25, -0.2) is 0 Å². The lowest BCUT2D eigenvalue weighted by atomic mass is 9.97. The molecule has 1 aromatic carbocycles. The molecule has 0 bridgehead atoms. The third-order valence-electron chi connectivity index (χ3n) is 6.91. The molecule has 2 fully saturated rings. The maximum Gasteiger partial charge on any atom is 0.224 e. The molecular weight excluding hydrogens is 398 g/mol. The van der Waals surface area contributed by atoms with E-state index in [1.165, 1.54) is 31.5 Å². The van der Waals surface area contributed by atoms with Crippen molar-refractivity contribution in [2.45, 2.75) is 46.0 Å². The number of nitrogens with one attached hydrogen (secondary N) is 1. The van der Waals surface area contributed by atoms with E-state index in [9.17, 15) is 4.79 Å². The summed E-state index contributed by atoms with van der Waals surface area (Å²) in [7, 11) is 0. The largest absolute Gasteiger partial charge is 0.356 e. The molecule has 1 N–H and O–H groups in total. The Morgan fingerprint density at radius 2 is 1.94 bits per heavy atom. The highest BCUT2D eigenvalue weighted by molar-refractivity contribution is 5.79. The van der Waals surface area contributed by atoms with Gasteiger partial charge in [-0.2, -0.15) is 0 Å². The predicted molar refractivity (Wildman–Crippen MR) is 130 cm³/mol. The van der Waals surface area contributed by atoms with Gasteiger partial charge >= 0.3 is 0 Å². The van der Waals surface area contributed by atoms with E-state index in [4.69, 9.17) is 0 Å². The van der Waals surface area contributed by atoms with Gasteiger partial charge in [-0.3, -0.25) is 4.79 Å². The van der Waals surface area contributed by atoms with Gasteiger partial charge in [0, 0.05) is 25.2 Å². The summed E-state index contributed by atoms with van der Waals surface area (Å²) in [6.07, 6.45) is 5.59. The number of carbonyl (C=O) groups is 1. The van der Waals surface area contributed by atoms with E-state index >= 15 is 0 Å². The summed E-state index contributed by atoms with van der Waals surface area (Å²) in [5.41, 5.74) is 3.18. The van der Waals surface area contributed by atoms with Crippen LogP contribution < -0.4 is 10.2 Å². The van der Waals surface area contributed by atoms with Crippen LogP contribution in [0.3, 0.4) is 0 Å². The number of likely N-dealkylation sites (tertiary alicyclic amines) is 1. The molecule has 4 rings (SSSR count). The van der Waals surface area contributed by atoms with Crippen molar-refractivity contribution in [3.05, 3.63) is 42.0 Å². The molecule has 1 amide bonds. The highest BCUT2D eigenvalue weighted by Crippen LogP contribution is 2.24. The lowest BCUT2D eigenvalue weighted by Gasteiger charge is -2.33. The van der Waals surface area contributed by atoms with Gasteiger partial charge in [0.15, 0.2) is 5.82 Å². The van der Waals surface area contributed by atoms with Crippen LogP contribution in [-0.2, 0) is 4.79 Å². The van der Waals surface area contributed by atoms with Crippen LogP contribution >= 0.6 is 0 Å². The van der Waals surface area contributed by atoms with E-state index in [0.717, 1.165) is 61.9 Å². The van der Waals surface area contributed by atoms with Crippen molar-refractivity contribution in [1.29, 1.82) is 0 Å². The Labute approximate surface area is 192 Å². The monoisotopic (exact) mass is 435 g/mol. The summed E-state index contributed by atoms with van der Waals surface area (Å²) in [6.45, 7) is 10.3. The van der Waals surface area contributed by atoms with Gasteiger partial charge in [0.05, 0.1) is 11.6 Å². The van der Waals surface area contributed by atoms with Gasteiger partial charge in [-0.1, -0.05) is 30.7 Å². The maximum atomic E-state index is 12.8. The van der Waals surface area contributed by atoms with Crippen molar-refractivity contribution in [2.75, 3.05) is 44.2 Å². The molecule has 0 unspecified atom stereocenters. The third kappa shape index (κ3) is 6.06. The molecule has 1 aromatic heterocycles. The zero-order valence-electron chi connectivity index (χ0n) is 19.6. The summed E-state index contributed by atoms with van der Waals surface area (Å²) < 4.78 is 0. The second-order valence-electron chi connectivity index (χ2n) is 9.60. The van der Waals surface area contributed by atoms with Gasteiger partial charge < -0.3 is 15.1 Å². The van der Waals surface area contributed by atoms with Crippen LogP contribution in [0.5, 0.6) is 0 Å². The summed E-state index contributed by atoms with van der Waals surface area (Å²) >= 11 is 0. The number of carbonyl (C=O) groups excluding carboxylic acids is 1. The molecule has 3 heterocycles. The number of aryl methyl sites for hydroxylation is 1. The van der Waals surface area contributed by atoms with E-state index in [1.54, 1.807) is 0 Å². The average molecular weight is 436 g/mol. The van der Waals surface area contributed by atoms with E-state index in [1.807, 2.05) is 18.2 Å². The predicted octanol–water partition coefficient (Wildman–Crippen LogP) is 3.91. The Hall–Kier alpha value is -2.47. The van der Waals surface area contributed by atoms with E-state index in [2.05, 4.69) is 57.4 Å². The molecule has 2 saturated heterocycles. The third-order valence-corrected chi connectivity index (χ3v) is 6.91. The van der Waals surface area contributed by atoms with Crippen molar-refractivity contribution in [3.63, 3.8) is 0 Å². The highest BCUT2D eigenvalue weighted by atomic mass is 16.1. The minimum Gasteiger partial charge on any atom is -0.356 e. The number of anilines is 1. The first-order valence-electron chi connectivity index (χ1n) is 12.2. The number of nitrogens with zero attached hydrogens (tertiary/aromatic N) is 4. The van der Waals surface area contributed by atoms with Crippen LogP contribution in [0.2, 0.25) is 0 Å². The number of rotatable bonds is 7. The molecule has 2 aliphatic heterocycles. The summed E-state index contributed by atoms with van der Waals surface area (Å²) in [5.74, 6) is 1.94. The Morgan fingerprint density at radius 1 is 1.09 bits per heavy atom. The second-order valence-corrected chi connectivity index (χ2v) is 9.60. The summed E-state index contributed by atoms with van der Waals surface area (Å²) in [4.78, 5) is 17.5. The zero-order chi connectivity index (χ0) is 22.3. The van der Waals surface area contributed by atoms with Gasteiger partial charge in [-0.05, 0) is 82.8 Å². The van der Waals surface area contributed by atoms with Gasteiger partial charge in [0.1, 0.15) is 0 Å². The Balaban J connectivity index is 1.24. The molecular formula is C26H37N5O. The smallest absolute Gasteiger partial charge is 0.224 e. The number of aromatic nitrogens is 2. The summed E-state index contributed by atoms with van der Waals surface area (Å²) in [5, 5.41) is 12.1. The number of hydrogen-bond acceptors (Lipinski definition) is 5. The molecule has 0 aliphatic carbocycles. The lowest BCUT2D eigenvalue weighted by Crippen LogP contribution is -2.44. The molecule has 2 aliphatic rings. The van der Waals surface area contributed by atoms with Crippen molar-refractivity contribution in [3.8, 4) is 11.3 Å². The van der Waals surface area contributed by atoms with Crippen LogP contribution in [0.15, 0.2) is 36.4 Å². The minimum atomic E-state index is 0.0258.